The van der Waals surface area contributed by atoms with Crippen molar-refractivity contribution >= 4 is 33.2 Å². The van der Waals surface area contributed by atoms with Gasteiger partial charge < -0.3 is 10.1 Å². The summed E-state index contributed by atoms with van der Waals surface area (Å²) in [5, 5.41) is 2.98. The van der Waals surface area contributed by atoms with Crippen molar-refractivity contribution in [3.8, 4) is 5.75 Å². The number of benzene rings is 1. The molecule has 0 atom stereocenters. The molecule has 0 saturated heterocycles. The van der Waals surface area contributed by atoms with E-state index in [1.54, 1.807) is 11.3 Å². The van der Waals surface area contributed by atoms with Crippen LogP contribution in [0.3, 0.4) is 0 Å². The van der Waals surface area contributed by atoms with Crippen molar-refractivity contribution < 1.29 is 9.53 Å². The van der Waals surface area contributed by atoms with Crippen LogP contribution in [0, 0.1) is 0 Å². The van der Waals surface area contributed by atoms with Gasteiger partial charge in [-0.3, -0.25) is 4.79 Å². The van der Waals surface area contributed by atoms with Crippen LogP contribution in [0.2, 0.25) is 0 Å². The molecule has 3 nitrogen and oxygen atoms in total. The van der Waals surface area contributed by atoms with E-state index in [4.69, 9.17) is 4.74 Å². The third-order valence-corrected chi connectivity index (χ3v) is 5.86. The summed E-state index contributed by atoms with van der Waals surface area (Å²) >= 11 is 5.08. The Hall–Kier alpha value is -1.33. The number of aryl methyl sites for hydroxylation is 1. The zero-order chi connectivity index (χ0) is 16.8. The number of ether oxygens (including phenoxy) is 1. The van der Waals surface area contributed by atoms with Crippen molar-refractivity contribution in [3.05, 3.63) is 50.6 Å². The zero-order valence-corrected chi connectivity index (χ0v) is 16.0. The third-order valence-electron chi connectivity index (χ3n) is 4.23. The molecule has 0 unspecified atom stereocenters. The van der Waals surface area contributed by atoms with Crippen LogP contribution in [0.15, 0.2) is 40.2 Å². The smallest absolute Gasteiger partial charge is 0.220 e. The Labute approximate surface area is 155 Å². The molecule has 1 aromatic heterocycles. The number of thiophene rings is 1. The SMILES string of the molecule is O=C(CCc1cccc(OC2CCCC2)c1)NCc1ccc(Br)s1. The van der Waals surface area contributed by atoms with E-state index in [0.29, 0.717) is 19.1 Å². The lowest BCUT2D eigenvalue weighted by molar-refractivity contribution is -0.121. The van der Waals surface area contributed by atoms with Gasteiger partial charge in [-0.05, 0) is 77.9 Å². The fourth-order valence-electron chi connectivity index (χ4n) is 2.95. The Bertz CT molecular complexity index is 680. The minimum atomic E-state index is 0.0848. The first-order valence-corrected chi connectivity index (χ1v) is 10.1. The molecule has 0 bridgehead atoms. The molecule has 5 heteroatoms. The first kappa shape index (κ1) is 17.5. The highest BCUT2D eigenvalue weighted by Crippen LogP contribution is 2.25. The fourth-order valence-corrected chi connectivity index (χ4v) is 4.37. The van der Waals surface area contributed by atoms with E-state index in [0.717, 1.165) is 39.2 Å². The molecule has 3 rings (SSSR count). The molecule has 128 valence electrons. The van der Waals surface area contributed by atoms with E-state index in [1.165, 1.54) is 12.8 Å². The highest BCUT2D eigenvalue weighted by Gasteiger charge is 2.16. The van der Waals surface area contributed by atoms with Crippen LogP contribution in [0.1, 0.15) is 42.5 Å². The van der Waals surface area contributed by atoms with E-state index in [9.17, 15) is 4.79 Å². The molecule has 0 spiro atoms. The van der Waals surface area contributed by atoms with Crippen LogP contribution in [-0.2, 0) is 17.8 Å². The molecule has 1 aliphatic carbocycles. The maximum atomic E-state index is 12.0. The predicted octanol–water partition coefficient (Wildman–Crippen LogP) is 5.08. The molecule has 1 aromatic carbocycles. The standard InChI is InChI=1S/C19H22BrNO2S/c20-18-10-9-17(24-18)13-21-19(22)11-8-14-4-3-7-16(12-14)23-15-5-1-2-6-15/h3-4,7,9-10,12,15H,1-2,5-6,8,11,13H2,(H,21,22). The van der Waals surface area contributed by atoms with Gasteiger partial charge in [0.25, 0.3) is 0 Å². The summed E-state index contributed by atoms with van der Waals surface area (Å²) in [4.78, 5) is 13.2. The molecule has 1 amide bonds. The Balaban J connectivity index is 1.44. The summed E-state index contributed by atoms with van der Waals surface area (Å²) < 4.78 is 7.12. The second-order valence-electron chi connectivity index (χ2n) is 6.15. The minimum absolute atomic E-state index is 0.0848. The number of rotatable bonds is 7. The number of nitrogens with one attached hydrogen (secondary N) is 1. The van der Waals surface area contributed by atoms with E-state index in [-0.39, 0.29) is 5.91 Å². The van der Waals surface area contributed by atoms with Gasteiger partial charge >= 0.3 is 0 Å². The molecule has 1 fully saturated rings. The molecule has 1 aliphatic rings. The highest BCUT2D eigenvalue weighted by molar-refractivity contribution is 9.11. The number of hydrogen-bond donors (Lipinski definition) is 1. The summed E-state index contributed by atoms with van der Waals surface area (Å²) in [6.45, 7) is 0.597. The van der Waals surface area contributed by atoms with Crippen LogP contribution in [0.4, 0.5) is 0 Å². The lowest BCUT2D eigenvalue weighted by Gasteiger charge is -2.13. The Morgan fingerprint density at radius 2 is 2.08 bits per heavy atom. The number of hydrogen-bond acceptors (Lipinski definition) is 3. The first-order chi connectivity index (χ1) is 11.7. The summed E-state index contributed by atoms with van der Waals surface area (Å²) in [6.07, 6.45) is 6.46. The number of carbonyl (C=O) groups excluding carboxylic acids is 1. The van der Waals surface area contributed by atoms with Gasteiger partial charge in [-0.1, -0.05) is 12.1 Å². The van der Waals surface area contributed by atoms with Gasteiger partial charge in [0.15, 0.2) is 0 Å². The van der Waals surface area contributed by atoms with Gasteiger partial charge in [0.2, 0.25) is 5.91 Å². The molecule has 0 radical (unpaired) electrons. The summed E-state index contributed by atoms with van der Waals surface area (Å²) in [6, 6.07) is 12.2. The first-order valence-electron chi connectivity index (χ1n) is 8.45. The lowest BCUT2D eigenvalue weighted by Crippen LogP contribution is -2.22. The topological polar surface area (TPSA) is 38.3 Å². The summed E-state index contributed by atoms with van der Waals surface area (Å²) in [5.74, 6) is 1.02. The van der Waals surface area contributed by atoms with E-state index < -0.39 is 0 Å². The molecule has 1 heterocycles. The van der Waals surface area contributed by atoms with Crippen LogP contribution < -0.4 is 10.1 Å². The number of halogens is 1. The highest BCUT2D eigenvalue weighted by atomic mass is 79.9. The van der Waals surface area contributed by atoms with Gasteiger partial charge in [-0.25, -0.2) is 0 Å². The van der Waals surface area contributed by atoms with Gasteiger partial charge in [-0.15, -0.1) is 11.3 Å². The molecule has 24 heavy (non-hydrogen) atoms. The molecule has 0 aliphatic heterocycles. The van der Waals surface area contributed by atoms with Crippen LogP contribution in [0.5, 0.6) is 5.75 Å². The van der Waals surface area contributed by atoms with Crippen molar-refractivity contribution in [1.29, 1.82) is 0 Å². The lowest BCUT2D eigenvalue weighted by atomic mass is 10.1. The second kappa shape index (κ2) is 8.67. The Kier molecular flexibility index (Phi) is 6.32. The van der Waals surface area contributed by atoms with E-state index in [2.05, 4.69) is 33.4 Å². The van der Waals surface area contributed by atoms with Crippen molar-refractivity contribution in [3.63, 3.8) is 0 Å². The maximum Gasteiger partial charge on any atom is 0.220 e. The molecule has 1 saturated carbocycles. The van der Waals surface area contributed by atoms with Crippen molar-refractivity contribution in [2.45, 2.75) is 51.2 Å². The van der Waals surface area contributed by atoms with Gasteiger partial charge in [0.05, 0.1) is 16.4 Å². The van der Waals surface area contributed by atoms with E-state index >= 15 is 0 Å². The average Bonchev–Trinajstić information content (AvgIpc) is 3.23. The quantitative estimate of drug-likeness (QED) is 0.694. The van der Waals surface area contributed by atoms with Crippen molar-refractivity contribution in [2.24, 2.45) is 0 Å². The number of amides is 1. The summed E-state index contributed by atoms with van der Waals surface area (Å²) in [5.41, 5.74) is 1.15. The predicted molar refractivity (Wildman–Crippen MR) is 102 cm³/mol. The fraction of sp³-hybridized carbons (Fsp3) is 0.421. The van der Waals surface area contributed by atoms with Crippen molar-refractivity contribution in [1.82, 2.24) is 5.32 Å². The third kappa shape index (κ3) is 5.35. The Morgan fingerprint density at radius 3 is 2.83 bits per heavy atom. The summed E-state index contributed by atoms with van der Waals surface area (Å²) in [7, 11) is 0. The molecule has 1 N–H and O–H groups in total. The largest absolute Gasteiger partial charge is 0.490 e. The minimum Gasteiger partial charge on any atom is -0.490 e. The normalized spacial score (nSPS) is 14.7. The zero-order valence-electron chi connectivity index (χ0n) is 13.6. The average molecular weight is 408 g/mol. The van der Waals surface area contributed by atoms with Crippen LogP contribution in [0.25, 0.3) is 0 Å². The van der Waals surface area contributed by atoms with E-state index in [1.807, 2.05) is 24.3 Å². The molecular formula is C19H22BrNO2S. The monoisotopic (exact) mass is 407 g/mol. The van der Waals surface area contributed by atoms with Crippen molar-refractivity contribution in [2.75, 3.05) is 0 Å². The van der Waals surface area contributed by atoms with Gasteiger partial charge in [0, 0.05) is 11.3 Å². The second-order valence-corrected chi connectivity index (χ2v) is 8.70. The Morgan fingerprint density at radius 1 is 1.25 bits per heavy atom. The van der Waals surface area contributed by atoms with Crippen LogP contribution >= 0.6 is 27.3 Å². The van der Waals surface area contributed by atoms with Crippen LogP contribution in [-0.4, -0.2) is 12.0 Å². The number of carbonyl (C=O) groups is 1. The van der Waals surface area contributed by atoms with Gasteiger partial charge in [-0.2, -0.15) is 0 Å². The molecule has 2 aromatic rings. The van der Waals surface area contributed by atoms with Gasteiger partial charge in [0.1, 0.15) is 5.75 Å². The molecular weight excluding hydrogens is 386 g/mol. The maximum absolute atomic E-state index is 12.0.